The highest BCUT2D eigenvalue weighted by Crippen LogP contribution is 2.49. The van der Waals surface area contributed by atoms with Gasteiger partial charge >= 0.3 is 0 Å². The number of aromatic amines is 1. The summed E-state index contributed by atoms with van der Waals surface area (Å²) >= 11 is 0. The molecule has 0 unspecified atom stereocenters. The van der Waals surface area contributed by atoms with Crippen molar-refractivity contribution in [2.45, 2.75) is 31.8 Å². The molecule has 23 heavy (non-hydrogen) atoms. The Labute approximate surface area is 136 Å². The molecule has 0 saturated carbocycles. The van der Waals surface area contributed by atoms with Gasteiger partial charge < -0.3 is 9.47 Å². The van der Waals surface area contributed by atoms with Crippen molar-refractivity contribution in [1.82, 2.24) is 9.97 Å². The van der Waals surface area contributed by atoms with Gasteiger partial charge in [-0.05, 0) is 30.2 Å². The molecule has 1 aromatic carbocycles. The molecular weight excluding hydrogens is 282 g/mol. The van der Waals surface area contributed by atoms with E-state index in [0.717, 1.165) is 17.3 Å². The summed E-state index contributed by atoms with van der Waals surface area (Å²) in [5.74, 6) is 0. The van der Waals surface area contributed by atoms with E-state index in [9.17, 15) is 0 Å². The largest absolute Gasteiger partial charge is 0.353 e. The number of nitrogens with one attached hydrogen (secondary N) is 1. The minimum absolute atomic E-state index is 0.497. The van der Waals surface area contributed by atoms with E-state index in [2.05, 4.69) is 60.5 Å². The second-order valence-electron chi connectivity index (χ2n) is 7.35. The summed E-state index contributed by atoms with van der Waals surface area (Å²) in [7, 11) is 2.43. The van der Waals surface area contributed by atoms with E-state index in [1.165, 1.54) is 34.3 Å². The van der Waals surface area contributed by atoms with Crippen molar-refractivity contribution in [2.24, 2.45) is 0 Å². The van der Waals surface area contributed by atoms with Crippen LogP contribution in [0.15, 0.2) is 42.7 Å². The van der Waals surface area contributed by atoms with Gasteiger partial charge in [0.25, 0.3) is 0 Å². The smallest absolute Gasteiger partial charge is 0.134 e. The number of hydrogen-bond acceptors (Lipinski definition) is 1. The van der Waals surface area contributed by atoms with E-state index in [4.69, 9.17) is 0 Å². The molecule has 5 rings (SSSR count). The van der Waals surface area contributed by atoms with Gasteiger partial charge in [0.2, 0.25) is 0 Å². The summed E-state index contributed by atoms with van der Waals surface area (Å²) in [6.45, 7) is 3.58. The molecule has 0 saturated heterocycles. The van der Waals surface area contributed by atoms with Crippen LogP contribution in [0.25, 0.3) is 10.9 Å². The van der Waals surface area contributed by atoms with Crippen molar-refractivity contribution in [1.29, 1.82) is 0 Å². The fourth-order valence-corrected chi connectivity index (χ4v) is 4.88. The van der Waals surface area contributed by atoms with E-state index in [1.807, 2.05) is 6.20 Å². The average Bonchev–Trinajstić information content (AvgIpc) is 2.95. The van der Waals surface area contributed by atoms with E-state index < -0.39 is 0 Å². The lowest BCUT2D eigenvalue weighted by Gasteiger charge is -2.51. The van der Waals surface area contributed by atoms with Gasteiger partial charge in [0.05, 0.1) is 19.3 Å². The highest BCUT2D eigenvalue weighted by molar-refractivity contribution is 5.85. The van der Waals surface area contributed by atoms with Crippen molar-refractivity contribution >= 4 is 10.9 Å². The minimum atomic E-state index is 0.497. The van der Waals surface area contributed by atoms with Crippen molar-refractivity contribution < 1.29 is 4.48 Å². The lowest BCUT2D eigenvalue weighted by Crippen LogP contribution is -2.55. The average molecular weight is 304 g/mol. The van der Waals surface area contributed by atoms with Crippen molar-refractivity contribution in [3.63, 3.8) is 0 Å². The van der Waals surface area contributed by atoms with Crippen LogP contribution in [0.3, 0.4) is 0 Å². The molecule has 2 aliphatic heterocycles. The molecule has 3 aromatic rings. The quantitative estimate of drug-likeness (QED) is 0.626. The van der Waals surface area contributed by atoms with Crippen LogP contribution in [0.2, 0.25) is 0 Å². The van der Waals surface area contributed by atoms with Crippen LogP contribution < -0.4 is 0 Å². The van der Waals surface area contributed by atoms with E-state index in [0.29, 0.717) is 12.1 Å². The Balaban J connectivity index is 1.73. The number of fused-ring (bicyclic) bond motifs is 6. The molecule has 3 nitrogen and oxygen atoms in total. The molecule has 0 radical (unpaired) electrons. The van der Waals surface area contributed by atoms with Gasteiger partial charge in [-0.2, -0.15) is 0 Å². The van der Waals surface area contributed by atoms with Crippen LogP contribution in [0.5, 0.6) is 0 Å². The Hall–Kier alpha value is -2.13. The van der Waals surface area contributed by atoms with Gasteiger partial charge in [0.15, 0.2) is 0 Å². The second kappa shape index (κ2) is 4.45. The summed E-state index contributed by atoms with van der Waals surface area (Å²) in [6, 6.07) is 12.0. The van der Waals surface area contributed by atoms with Crippen LogP contribution in [-0.4, -0.2) is 28.0 Å². The Morgan fingerprint density at radius 2 is 2.09 bits per heavy atom. The molecule has 116 valence electrons. The molecular formula is C20H22N3+. The predicted molar refractivity (Wildman–Crippen MR) is 92.2 cm³/mol. The maximum Gasteiger partial charge on any atom is 0.134 e. The Morgan fingerprint density at radius 3 is 3.00 bits per heavy atom. The SMILES string of the molecule is C[C@H]1c2cnccc2C[C@H]2c3[nH]c4ccccc4c3CC[N@+]12C. The number of pyridine rings is 1. The number of aromatic nitrogens is 2. The van der Waals surface area contributed by atoms with Gasteiger partial charge in [-0.25, -0.2) is 0 Å². The number of hydrogen-bond donors (Lipinski definition) is 1. The van der Waals surface area contributed by atoms with Crippen LogP contribution in [0.4, 0.5) is 0 Å². The Bertz CT molecular complexity index is 910. The van der Waals surface area contributed by atoms with E-state index in [-0.39, 0.29) is 0 Å². The predicted octanol–water partition coefficient (Wildman–Crippen LogP) is 3.92. The van der Waals surface area contributed by atoms with Gasteiger partial charge in [0, 0.05) is 41.7 Å². The van der Waals surface area contributed by atoms with Crippen molar-refractivity contribution in [3.05, 3.63) is 65.1 Å². The number of benzene rings is 1. The van der Waals surface area contributed by atoms with Gasteiger partial charge in [-0.1, -0.05) is 18.2 Å². The normalized spacial score (nSPS) is 29.0. The first-order valence-electron chi connectivity index (χ1n) is 8.55. The highest BCUT2D eigenvalue weighted by Gasteiger charge is 2.48. The number of quaternary nitrogens is 1. The molecule has 4 heterocycles. The fourth-order valence-electron chi connectivity index (χ4n) is 4.88. The summed E-state index contributed by atoms with van der Waals surface area (Å²) in [5.41, 5.74) is 7.21. The third-order valence-electron chi connectivity index (χ3n) is 6.43. The van der Waals surface area contributed by atoms with Crippen molar-refractivity contribution in [2.75, 3.05) is 13.6 Å². The standard InChI is InChI=1S/C20H22N3/c1-13-17-12-21-9-7-14(17)11-19-20-16(8-10-23(13,19)2)15-5-3-4-6-18(15)22-20/h3-7,9,12-13,19,22H,8,10-11H2,1-2H3/q+1/t13-,19-,23+/m0/s1. The van der Waals surface area contributed by atoms with Crippen LogP contribution >= 0.6 is 0 Å². The number of rotatable bonds is 0. The zero-order valence-corrected chi connectivity index (χ0v) is 13.7. The lowest BCUT2D eigenvalue weighted by atomic mass is 9.82. The summed E-state index contributed by atoms with van der Waals surface area (Å²) in [5, 5.41) is 1.42. The topological polar surface area (TPSA) is 28.7 Å². The van der Waals surface area contributed by atoms with Gasteiger partial charge in [-0.3, -0.25) is 4.98 Å². The summed E-state index contributed by atoms with van der Waals surface area (Å²) in [6.07, 6.45) is 6.29. The monoisotopic (exact) mass is 304 g/mol. The Kier molecular flexibility index (Phi) is 2.58. The first-order chi connectivity index (χ1) is 11.2. The first-order valence-corrected chi connectivity index (χ1v) is 8.55. The number of H-pyrrole nitrogens is 1. The van der Waals surface area contributed by atoms with Gasteiger partial charge in [0.1, 0.15) is 12.1 Å². The number of nitrogens with zero attached hydrogens (tertiary/aromatic N) is 2. The lowest BCUT2D eigenvalue weighted by molar-refractivity contribution is -0.970. The Morgan fingerprint density at radius 1 is 1.22 bits per heavy atom. The third-order valence-corrected chi connectivity index (χ3v) is 6.43. The van der Waals surface area contributed by atoms with Crippen LogP contribution in [-0.2, 0) is 12.8 Å². The second-order valence-corrected chi connectivity index (χ2v) is 7.35. The maximum absolute atomic E-state index is 4.38. The molecule has 0 amide bonds. The highest BCUT2D eigenvalue weighted by atomic mass is 15.4. The molecule has 3 atom stereocenters. The van der Waals surface area contributed by atoms with Gasteiger partial charge in [-0.15, -0.1) is 0 Å². The maximum atomic E-state index is 4.38. The van der Waals surface area contributed by atoms with E-state index in [1.54, 1.807) is 5.56 Å². The molecule has 0 spiro atoms. The molecule has 0 aliphatic carbocycles. The zero-order valence-electron chi connectivity index (χ0n) is 13.7. The zero-order chi connectivity index (χ0) is 15.6. The number of para-hydroxylation sites is 1. The third kappa shape index (κ3) is 1.66. The van der Waals surface area contributed by atoms with E-state index >= 15 is 0 Å². The first kappa shape index (κ1) is 13.3. The van der Waals surface area contributed by atoms with Crippen LogP contribution in [0, 0.1) is 0 Å². The number of likely N-dealkylation sites (N-methyl/N-ethyl adjacent to an activating group) is 1. The summed E-state index contributed by atoms with van der Waals surface area (Å²) in [4.78, 5) is 8.14. The molecule has 1 N–H and O–H groups in total. The molecule has 3 heteroatoms. The molecule has 0 bridgehead atoms. The minimum Gasteiger partial charge on any atom is -0.353 e. The van der Waals surface area contributed by atoms with Crippen molar-refractivity contribution in [3.8, 4) is 0 Å². The molecule has 2 aromatic heterocycles. The molecule has 0 fully saturated rings. The molecule has 2 aliphatic rings. The fraction of sp³-hybridized carbons (Fsp3) is 0.350. The summed E-state index contributed by atoms with van der Waals surface area (Å²) < 4.78 is 1.10. The van der Waals surface area contributed by atoms with Crippen LogP contribution in [0.1, 0.15) is 41.4 Å².